The highest BCUT2D eigenvalue weighted by Gasteiger charge is 2.20. The second kappa shape index (κ2) is 5.52. The van der Waals surface area contributed by atoms with Crippen molar-refractivity contribution < 1.29 is 0 Å². The molecule has 2 aromatic heterocycles. The number of hydrogen-bond donors (Lipinski definition) is 1. The average molecular weight is 253 g/mol. The smallest absolute Gasteiger partial charge is 0.0804 e. The van der Waals surface area contributed by atoms with Gasteiger partial charge in [0.15, 0.2) is 0 Å². The first-order valence-corrected chi connectivity index (χ1v) is 7.10. The van der Waals surface area contributed by atoms with E-state index in [9.17, 15) is 0 Å². The minimum absolute atomic E-state index is 0.264. The summed E-state index contributed by atoms with van der Waals surface area (Å²) >= 11 is 3.28. The number of hydrogen-bond acceptors (Lipinski definition) is 5. The fourth-order valence-electron chi connectivity index (χ4n) is 1.66. The Kier molecular flexibility index (Phi) is 4.04. The van der Waals surface area contributed by atoms with Crippen molar-refractivity contribution in [2.24, 2.45) is 0 Å². The summed E-state index contributed by atoms with van der Waals surface area (Å²) in [6.45, 7) is 5.20. The van der Waals surface area contributed by atoms with Crippen molar-refractivity contribution >= 4 is 22.9 Å². The van der Waals surface area contributed by atoms with E-state index in [1.54, 1.807) is 11.3 Å². The normalized spacial score (nSPS) is 12.9. The highest BCUT2D eigenvalue weighted by atomic mass is 32.1. The molecule has 1 unspecified atom stereocenters. The van der Waals surface area contributed by atoms with Gasteiger partial charge in [0.05, 0.1) is 16.6 Å². The van der Waals surface area contributed by atoms with Gasteiger partial charge in [0.1, 0.15) is 0 Å². The highest BCUT2D eigenvalue weighted by molar-refractivity contribution is 7.10. The second-order valence-electron chi connectivity index (χ2n) is 3.44. The van der Waals surface area contributed by atoms with E-state index in [2.05, 4.69) is 46.3 Å². The van der Waals surface area contributed by atoms with Gasteiger partial charge in [-0.15, -0.1) is 16.4 Å². The fraction of sp³-hybridized carbons (Fsp3) is 0.455. The molecule has 16 heavy (non-hydrogen) atoms. The lowest BCUT2D eigenvalue weighted by molar-refractivity contribution is 0.642. The van der Waals surface area contributed by atoms with Gasteiger partial charge in [-0.1, -0.05) is 24.4 Å². The number of nitrogens with zero attached hydrogens (tertiary/aromatic N) is 2. The third-order valence-electron chi connectivity index (χ3n) is 2.42. The van der Waals surface area contributed by atoms with Crippen molar-refractivity contribution in [3.63, 3.8) is 0 Å². The van der Waals surface area contributed by atoms with Crippen molar-refractivity contribution in [3.05, 3.63) is 33.0 Å². The van der Waals surface area contributed by atoms with E-state index in [1.165, 1.54) is 21.3 Å². The first kappa shape index (κ1) is 11.7. The number of aryl methyl sites for hydroxylation is 1. The van der Waals surface area contributed by atoms with Gasteiger partial charge in [-0.3, -0.25) is 0 Å². The van der Waals surface area contributed by atoms with Crippen LogP contribution < -0.4 is 5.32 Å². The van der Waals surface area contributed by atoms with Gasteiger partial charge in [-0.2, -0.15) is 0 Å². The molecule has 1 N–H and O–H groups in total. The average Bonchev–Trinajstić information content (AvgIpc) is 2.96. The molecule has 0 fully saturated rings. The van der Waals surface area contributed by atoms with E-state index in [0.29, 0.717) is 0 Å². The van der Waals surface area contributed by atoms with Crippen LogP contribution in [0.2, 0.25) is 0 Å². The van der Waals surface area contributed by atoms with E-state index in [4.69, 9.17) is 0 Å². The van der Waals surface area contributed by atoms with Gasteiger partial charge in [-0.25, -0.2) is 0 Å². The van der Waals surface area contributed by atoms with Crippen LogP contribution >= 0.6 is 22.9 Å². The molecule has 0 saturated carbocycles. The van der Waals surface area contributed by atoms with Crippen LogP contribution in [0.4, 0.5) is 0 Å². The van der Waals surface area contributed by atoms with Crippen molar-refractivity contribution in [1.29, 1.82) is 0 Å². The molecule has 0 aliphatic heterocycles. The summed E-state index contributed by atoms with van der Waals surface area (Å²) < 4.78 is 4.06. The zero-order valence-corrected chi connectivity index (χ0v) is 11.1. The maximum atomic E-state index is 4.18. The lowest BCUT2D eigenvalue weighted by Crippen LogP contribution is -2.21. The van der Waals surface area contributed by atoms with E-state index in [1.807, 2.05) is 0 Å². The molecule has 0 radical (unpaired) electrons. The SMILES string of the molecule is CCNC(c1cccs1)c1snnc1CC. The molecular formula is C11H15N3S2. The zero-order chi connectivity index (χ0) is 11.4. The van der Waals surface area contributed by atoms with Crippen LogP contribution in [0.15, 0.2) is 17.5 Å². The molecule has 1 atom stereocenters. The molecule has 3 nitrogen and oxygen atoms in total. The zero-order valence-electron chi connectivity index (χ0n) is 9.43. The number of thiophene rings is 1. The van der Waals surface area contributed by atoms with Gasteiger partial charge in [0.2, 0.25) is 0 Å². The first-order chi connectivity index (χ1) is 7.86. The molecule has 0 bridgehead atoms. The van der Waals surface area contributed by atoms with Crippen LogP contribution in [-0.2, 0) is 6.42 Å². The quantitative estimate of drug-likeness (QED) is 0.890. The molecule has 86 valence electrons. The highest BCUT2D eigenvalue weighted by Crippen LogP contribution is 2.30. The summed E-state index contributed by atoms with van der Waals surface area (Å²) in [4.78, 5) is 2.59. The Hall–Kier alpha value is -0.780. The molecule has 0 aliphatic carbocycles. The van der Waals surface area contributed by atoms with Gasteiger partial charge in [-0.05, 0) is 35.9 Å². The van der Waals surface area contributed by atoms with Gasteiger partial charge < -0.3 is 5.32 Å². The van der Waals surface area contributed by atoms with E-state index in [0.717, 1.165) is 18.7 Å². The van der Waals surface area contributed by atoms with Crippen molar-refractivity contribution in [3.8, 4) is 0 Å². The standard InChI is InChI=1S/C11H15N3S2/c1-3-8-11(16-14-13-8)10(12-4-2)9-6-5-7-15-9/h5-7,10,12H,3-4H2,1-2H3. The summed E-state index contributed by atoms with van der Waals surface area (Å²) in [6, 6.07) is 4.52. The molecule has 0 aromatic carbocycles. The summed E-state index contributed by atoms with van der Waals surface area (Å²) in [5.41, 5.74) is 1.12. The molecule has 5 heteroatoms. The van der Waals surface area contributed by atoms with E-state index in [-0.39, 0.29) is 6.04 Å². The minimum atomic E-state index is 0.264. The van der Waals surface area contributed by atoms with Crippen LogP contribution in [0.1, 0.15) is 35.3 Å². The van der Waals surface area contributed by atoms with Crippen LogP contribution in [-0.4, -0.2) is 16.1 Å². The molecule has 2 heterocycles. The Labute approximate surface area is 104 Å². The second-order valence-corrected chi connectivity index (χ2v) is 5.21. The summed E-state index contributed by atoms with van der Waals surface area (Å²) in [5.74, 6) is 0. The number of nitrogens with one attached hydrogen (secondary N) is 1. The number of aromatic nitrogens is 2. The molecule has 0 saturated heterocycles. The molecule has 0 spiro atoms. The van der Waals surface area contributed by atoms with E-state index < -0.39 is 0 Å². The van der Waals surface area contributed by atoms with Crippen molar-refractivity contribution in [2.75, 3.05) is 6.54 Å². The third kappa shape index (κ3) is 2.31. The van der Waals surface area contributed by atoms with Gasteiger partial charge >= 0.3 is 0 Å². The maximum absolute atomic E-state index is 4.18. The van der Waals surface area contributed by atoms with E-state index >= 15 is 0 Å². The Morgan fingerprint density at radius 2 is 2.31 bits per heavy atom. The van der Waals surface area contributed by atoms with Crippen LogP contribution in [0.25, 0.3) is 0 Å². The van der Waals surface area contributed by atoms with Gasteiger partial charge in [0, 0.05) is 4.88 Å². The number of rotatable bonds is 5. The fourth-order valence-corrected chi connectivity index (χ4v) is 3.38. The monoisotopic (exact) mass is 253 g/mol. The molecule has 2 rings (SSSR count). The predicted octanol–water partition coefficient (Wildman–Crippen LogP) is 2.86. The van der Waals surface area contributed by atoms with Crippen LogP contribution in [0.3, 0.4) is 0 Å². The van der Waals surface area contributed by atoms with Crippen LogP contribution in [0, 0.1) is 0 Å². The summed E-state index contributed by atoms with van der Waals surface area (Å²) in [6.07, 6.45) is 0.944. The lowest BCUT2D eigenvalue weighted by Gasteiger charge is -2.14. The lowest BCUT2D eigenvalue weighted by atomic mass is 10.1. The molecule has 0 amide bonds. The van der Waals surface area contributed by atoms with Crippen molar-refractivity contribution in [2.45, 2.75) is 26.3 Å². The predicted molar refractivity (Wildman–Crippen MR) is 69.1 cm³/mol. The Balaban J connectivity index is 2.33. The Morgan fingerprint density at radius 3 is 2.94 bits per heavy atom. The Bertz CT molecular complexity index is 422. The summed E-state index contributed by atoms with van der Waals surface area (Å²) in [7, 11) is 0. The van der Waals surface area contributed by atoms with Crippen molar-refractivity contribution in [1.82, 2.24) is 14.9 Å². The largest absolute Gasteiger partial charge is 0.305 e. The molecule has 2 aromatic rings. The molecule has 0 aliphatic rings. The van der Waals surface area contributed by atoms with Gasteiger partial charge in [0.25, 0.3) is 0 Å². The minimum Gasteiger partial charge on any atom is -0.305 e. The topological polar surface area (TPSA) is 37.8 Å². The molecular weight excluding hydrogens is 238 g/mol. The Morgan fingerprint density at radius 1 is 1.44 bits per heavy atom. The van der Waals surface area contributed by atoms with Crippen LogP contribution in [0.5, 0.6) is 0 Å². The third-order valence-corrected chi connectivity index (χ3v) is 4.19. The summed E-state index contributed by atoms with van der Waals surface area (Å²) in [5, 5.41) is 9.79. The first-order valence-electron chi connectivity index (χ1n) is 5.44. The maximum Gasteiger partial charge on any atom is 0.0804 e.